The molecule has 0 radical (unpaired) electrons. The van der Waals surface area contributed by atoms with Gasteiger partial charge in [0.15, 0.2) is 0 Å². The third kappa shape index (κ3) is 1.09. The maximum atomic E-state index is 5.19. The molecule has 2 rings (SSSR count). The van der Waals surface area contributed by atoms with Crippen LogP contribution >= 0.6 is 11.8 Å². The van der Waals surface area contributed by atoms with Crippen LogP contribution in [0.2, 0.25) is 0 Å². The van der Waals surface area contributed by atoms with Crippen molar-refractivity contribution in [2.24, 2.45) is 16.9 Å². The minimum absolute atomic E-state index is 0.585. The van der Waals surface area contributed by atoms with Gasteiger partial charge in [-0.25, -0.2) is 0 Å². The van der Waals surface area contributed by atoms with E-state index in [1.54, 1.807) is 11.8 Å². The SMILES string of the molecule is CC1=CC2CC(=NN)SC2=C1. The second kappa shape index (κ2) is 2.41. The Morgan fingerprint density at radius 3 is 3.18 bits per heavy atom. The normalized spacial score (nSPS) is 32.1. The largest absolute Gasteiger partial charge is 0.323 e. The Labute approximate surface area is 70.2 Å². The third-order valence-corrected chi connectivity index (χ3v) is 3.14. The number of hydrazone groups is 1. The fourth-order valence-electron chi connectivity index (χ4n) is 1.49. The lowest BCUT2D eigenvalue weighted by Gasteiger charge is -1.94. The first-order chi connectivity index (χ1) is 5.29. The minimum Gasteiger partial charge on any atom is -0.323 e. The average Bonchev–Trinajstić information content (AvgIpc) is 2.43. The lowest BCUT2D eigenvalue weighted by molar-refractivity contribution is 0.878. The zero-order chi connectivity index (χ0) is 7.84. The highest BCUT2D eigenvalue weighted by atomic mass is 32.2. The van der Waals surface area contributed by atoms with Gasteiger partial charge in [-0.2, -0.15) is 5.10 Å². The highest BCUT2D eigenvalue weighted by Gasteiger charge is 2.28. The van der Waals surface area contributed by atoms with Gasteiger partial charge in [-0.3, -0.25) is 0 Å². The molecule has 58 valence electrons. The molecule has 0 aromatic heterocycles. The number of nitrogens with zero attached hydrogens (tertiary/aromatic N) is 1. The molecule has 0 aromatic rings. The van der Waals surface area contributed by atoms with Gasteiger partial charge in [0.05, 0.1) is 5.04 Å². The van der Waals surface area contributed by atoms with Gasteiger partial charge in [0.1, 0.15) is 0 Å². The van der Waals surface area contributed by atoms with Crippen LogP contribution in [0.25, 0.3) is 0 Å². The smallest absolute Gasteiger partial charge is 0.0982 e. The van der Waals surface area contributed by atoms with E-state index in [0.717, 1.165) is 11.5 Å². The van der Waals surface area contributed by atoms with Gasteiger partial charge < -0.3 is 5.84 Å². The van der Waals surface area contributed by atoms with Gasteiger partial charge >= 0.3 is 0 Å². The van der Waals surface area contributed by atoms with Gasteiger partial charge in [-0.1, -0.05) is 23.4 Å². The molecule has 1 aliphatic carbocycles. The van der Waals surface area contributed by atoms with Crippen LogP contribution in [0.5, 0.6) is 0 Å². The standard InChI is InChI=1S/C8H10N2S/c1-5-2-6-4-8(10-9)11-7(6)3-5/h2-3,6H,4,9H2,1H3. The highest BCUT2D eigenvalue weighted by molar-refractivity contribution is 8.17. The summed E-state index contributed by atoms with van der Waals surface area (Å²) in [4.78, 5) is 1.41. The van der Waals surface area contributed by atoms with Crippen molar-refractivity contribution in [2.45, 2.75) is 13.3 Å². The van der Waals surface area contributed by atoms with E-state index < -0.39 is 0 Å². The summed E-state index contributed by atoms with van der Waals surface area (Å²) >= 11 is 1.72. The summed E-state index contributed by atoms with van der Waals surface area (Å²) in [5.41, 5.74) is 1.37. The van der Waals surface area contributed by atoms with Crippen LogP contribution in [0.3, 0.4) is 0 Å². The predicted octanol–water partition coefficient (Wildman–Crippen LogP) is 1.86. The van der Waals surface area contributed by atoms with Gasteiger partial charge in [-0.05, 0) is 17.9 Å². The van der Waals surface area contributed by atoms with E-state index in [0.29, 0.717) is 5.92 Å². The van der Waals surface area contributed by atoms with Crippen LogP contribution in [0.4, 0.5) is 0 Å². The van der Waals surface area contributed by atoms with Gasteiger partial charge in [-0.15, -0.1) is 0 Å². The summed E-state index contributed by atoms with van der Waals surface area (Å²) in [5.74, 6) is 5.78. The summed E-state index contributed by atoms with van der Waals surface area (Å²) in [7, 11) is 0. The number of rotatable bonds is 0. The lowest BCUT2D eigenvalue weighted by atomic mass is 10.1. The summed E-state index contributed by atoms with van der Waals surface area (Å²) in [5, 5.41) is 4.76. The number of hydrogen-bond donors (Lipinski definition) is 1. The van der Waals surface area contributed by atoms with E-state index >= 15 is 0 Å². The average molecular weight is 166 g/mol. The summed E-state index contributed by atoms with van der Waals surface area (Å²) in [6.45, 7) is 2.13. The van der Waals surface area contributed by atoms with Crippen molar-refractivity contribution in [3.05, 3.63) is 22.6 Å². The van der Waals surface area contributed by atoms with E-state index in [1.807, 2.05) is 0 Å². The van der Waals surface area contributed by atoms with Crippen molar-refractivity contribution >= 4 is 16.8 Å². The monoisotopic (exact) mass is 166 g/mol. The molecule has 0 amide bonds. The number of hydrogen-bond acceptors (Lipinski definition) is 3. The van der Waals surface area contributed by atoms with Crippen LogP contribution in [0, 0.1) is 5.92 Å². The van der Waals surface area contributed by atoms with E-state index in [9.17, 15) is 0 Å². The first-order valence-corrected chi connectivity index (χ1v) is 4.46. The first-order valence-electron chi connectivity index (χ1n) is 3.64. The highest BCUT2D eigenvalue weighted by Crippen LogP contribution is 2.43. The molecule has 2 N–H and O–H groups in total. The molecule has 11 heavy (non-hydrogen) atoms. The Kier molecular flexibility index (Phi) is 1.53. The van der Waals surface area contributed by atoms with E-state index in [1.165, 1.54) is 10.5 Å². The molecule has 1 saturated heterocycles. The van der Waals surface area contributed by atoms with Crippen LogP contribution in [-0.4, -0.2) is 5.04 Å². The number of nitrogens with two attached hydrogens (primary N) is 1. The van der Waals surface area contributed by atoms with Crippen LogP contribution < -0.4 is 5.84 Å². The minimum atomic E-state index is 0.585. The summed E-state index contributed by atoms with van der Waals surface area (Å²) < 4.78 is 0. The fraction of sp³-hybridized carbons (Fsp3) is 0.375. The van der Waals surface area contributed by atoms with Gasteiger partial charge in [0.25, 0.3) is 0 Å². The Bertz CT molecular complexity index is 276. The number of fused-ring (bicyclic) bond motifs is 1. The molecule has 1 aliphatic heterocycles. The molecule has 0 spiro atoms. The molecule has 2 nitrogen and oxygen atoms in total. The maximum Gasteiger partial charge on any atom is 0.0982 e. The molecule has 1 heterocycles. The van der Waals surface area contributed by atoms with Crippen LogP contribution in [0.15, 0.2) is 27.7 Å². The Morgan fingerprint density at radius 2 is 2.55 bits per heavy atom. The van der Waals surface area contributed by atoms with Crippen LogP contribution in [0.1, 0.15) is 13.3 Å². The number of allylic oxidation sites excluding steroid dienone is 4. The van der Waals surface area contributed by atoms with Gasteiger partial charge in [0, 0.05) is 12.3 Å². The van der Waals surface area contributed by atoms with Crippen LogP contribution in [-0.2, 0) is 0 Å². The van der Waals surface area contributed by atoms with Crippen molar-refractivity contribution in [1.29, 1.82) is 0 Å². The molecule has 1 atom stereocenters. The Balaban J connectivity index is 2.23. The molecule has 1 fully saturated rings. The first kappa shape index (κ1) is 6.98. The lowest BCUT2D eigenvalue weighted by Crippen LogP contribution is -1.93. The molecule has 0 bridgehead atoms. The zero-order valence-corrected chi connectivity index (χ0v) is 7.19. The van der Waals surface area contributed by atoms with E-state index in [4.69, 9.17) is 5.84 Å². The van der Waals surface area contributed by atoms with Crippen molar-refractivity contribution in [3.8, 4) is 0 Å². The van der Waals surface area contributed by atoms with E-state index in [-0.39, 0.29) is 0 Å². The molecule has 0 saturated carbocycles. The predicted molar refractivity (Wildman–Crippen MR) is 49.2 cm³/mol. The molecular formula is C8H10N2S. The zero-order valence-electron chi connectivity index (χ0n) is 6.37. The molecular weight excluding hydrogens is 156 g/mol. The van der Waals surface area contributed by atoms with Gasteiger partial charge in [0.2, 0.25) is 0 Å². The Hall–Kier alpha value is -0.700. The van der Waals surface area contributed by atoms with Crippen molar-refractivity contribution in [1.82, 2.24) is 0 Å². The molecule has 3 heteroatoms. The topological polar surface area (TPSA) is 38.4 Å². The molecule has 1 unspecified atom stereocenters. The number of thioether (sulfide) groups is 1. The van der Waals surface area contributed by atoms with E-state index in [2.05, 4.69) is 24.2 Å². The summed E-state index contributed by atoms with van der Waals surface area (Å²) in [6.07, 6.45) is 5.50. The Morgan fingerprint density at radius 1 is 1.73 bits per heavy atom. The fourth-order valence-corrected chi connectivity index (χ4v) is 2.62. The second-order valence-corrected chi connectivity index (χ2v) is 4.04. The second-order valence-electron chi connectivity index (χ2n) is 2.89. The third-order valence-electron chi connectivity index (χ3n) is 1.97. The summed E-state index contributed by atoms with van der Waals surface area (Å²) in [6, 6.07) is 0. The van der Waals surface area contributed by atoms with Crippen molar-refractivity contribution in [2.75, 3.05) is 0 Å². The van der Waals surface area contributed by atoms with Crippen molar-refractivity contribution < 1.29 is 0 Å². The molecule has 2 aliphatic rings. The maximum absolute atomic E-state index is 5.19. The van der Waals surface area contributed by atoms with Crippen molar-refractivity contribution in [3.63, 3.8) is 0 Å². The molecule has 0 aromatic carbocycles. The quantitative estimate of drug-likeness (QED) is 0.440.